The van der Waals surface area contributed by atoms with Crippen LogP contribution in [0.2, 0.25) is 0 Å². The molecule has 3 nitrogen and oxygen atoms in total. The molecule has 0 aliphatic rings. The van der Waals surface area contributed by atoms with Crippen LogP contribution in [0, 0.1) is 0 Å². The molecule has 0 radical (unpaired) electrons. The molecule has 0 aliphatic heterocycles. The van der Waals surface area contributed by atoms with E-state index < -0.39 is 10.8 Å². The van der Waals surface area contributed by atoms with Gasteiger partial charge in [0.1, 0.15) is 11.5 Å². The first kappa shape index (κ1) is 14.6. The maximum Gasteiger partial charge on any atom is 0.138 e. The molecule has 2 aromatic rings. The molecule has 0 aliphatic carbocycles. The molecule has 0 bridgehead atoms. The van der Waals surface area contributed by atoms with Crippen molar-refractivity contribution in [3.63, 3.8) is 0 Å². The van der Waals surface area contributed by atoms with E-state index in [0.717, 1.165) is 6.42 Å². The summed E-state index contributed by atoms with van der Waals surface area (Å²) in [5.74, 6) is 1.88. The summed E-state index contributed by atoms with van der Waals surface area (Å²) in [6, 6.07) is 15.4. The molecule has 1 unspecified atom stereocenters. The quantitative estimate of drug-likeness (QED) is 0.820. The van der Waals surface area contributed by atoms with E-state index >= 15 is 0 Å². The SMILES string of the molecule is COc1ccc(S(=O)CCc2ccccc2)c(OC)c1. The average molecular weight is 290 g/mol. The second kappa shape index (κ2) is 7.10. The Morgan fingerprint density at radius 2 is 1.75 bits per heavy atom. The van der Waals surface area contributed by atoms with Crippen molar-refractivity contribution in [1.82, 2.24) is 0 Å². The fourth-order valence-electron chi connectivity index (χ4n) is 1.93. The van der Waals surface area contributed by atoms with Gasteiger partial charge in [-0.3, -0.25) is 4.21 Å². The summed E-state index contributed by atoms with van der Waals surface area (Å²) >= 11 is 0. The Hall–Kier alpha value is -1.81. The molecule has 2 rings (SSSR count). The second-order valence-corrected chi connectivity index (χ2v) is 5.84. The lowest BCUT2D eigenvalue weighted by Gasteiger charge is -2.10. The number of hydrogen-bond acceptors (Lipinski definition) is 3. The topological polar surface area (TPSA) is 35.5 Å². The molecule has 1 atom stereocenters. The molecule has 0 amide bonds. The maximum atomic E-state index is 12.4. The second-order valence-electron chi connectivity index (χ2n) is 4.30. The van der Waals surface area contributed by atoms with Gasteiger partial charge >= 0.3 is 0 Å². The predicted molar refractivity (Wildman–Crippen MR) is 81.0 cm³/mol. The molecular formula is C16H18O3S. The van der Waals surface area contributed by atoms with Gasteiger partial charge in [0.25, 0.3) is 0 Å². The molecule has 2 aromatic carbocycles. The van der Waals surface area contributed by atoms with E-state index in [9.17, 15) is 4.21 Å². The molecule has 106 valence electrons. The third kappa shape index (κ3) is 3.61. The molecule has 20 heavy (non-hydrogen) atoms. The fourth-order valence-corrected chi connectivity index (χ4v) is 3.16. The van der Waals surface area contributed by atoms with Crippen molar-refractivity contribution < 1.29 is 13.7 Å². The minimum absolute atomic E-state index is 0.576. The monoisotopic (exact) mass is 290 g/mol. The normalized spacial score (nSPS) is 11.9. The third-order valence-electron chi connectivity index (χ3n) is 3.04. The molecule has 0 aromatic heterocycles. The Labute approximate surface area is 122 Å². The van der Waals surface area contributed by atoms with Gasteiger partial charge in [0.05, 0.1) is 29.9 Å². The Bertz CT molecular complexity index is 582. The lowest BCUT2D eigenvalue weighted by atomic mass is 10.2. The highest BCUT2D eigenvalue weighted by Gasteiger charge is 2.12. The zero-order chi connectivity index (χ0) is 14.4. The molecule has 0 saturated carbocycles. The minimum Gasteiger partial charge on any atom is -0.497 e. The summed E-state index contributed by atoms with van der Waals surface area (Å²) in [6.45, 7) is 0. The first-order valence-corrected chi connectivity index (χ1v) is 7.71. The molecular weight excluding hydrogens is 272 g/mol. The Balaban J connectivity index is 2.09. The number of aryl methyl sites for hydroxylation is 1. The van der Waals surface area contributed by atoms with Crippen molar-refractivity contribution in [1.29, 1.82) is 0 Å². The van der Waals surface area contributed by atoms with Crippen LogP contribution in [-0.4, -0.2) is 24.2 Å². The van der Waals surface area contributed by atoms with Crippen LogP contribution in [-0.2, 0) is 17.2 Å². The van der Waals surface area contributed by atoms with Crippen molar-refractivity contribution in [3.8, 4) is 11.5 Å². The molecule has 0 heterocycles. The van der Waals surface area contributed by atoms with Gasteiger partial charge in [-0.25, -0.2) is 0 Å². The van der Waals surface area contributed by atoms with Gasteiger partial charge in [-0.15, -0.1) is 0 Å². The van der Waals surface area contributed by atoms with Crippen molar-refractivity contribution in [2.24, 2.45) is 0 Å². The third-order valence-corrected chi connectivity index (χ3v) is 4.44. The van der Waals surface area contributed by atoms with Crippen molar-refractivity contribution >= 4 is 10.8 Å². The summed E-state index contributed by atoms with van der Waals surface area (Å²) < 4.78 is 22.8. The van der Waals surface area contributed by atoms with Gasteiger partial charge < -0.3 is 9.47 Å². The lowest BCUT2D eigenvalue weighted by Crippen LogP contribution is -2.03. The van der Waals surface area contributed by atoms with Crippen molar-refractivity contribution in [3.05, 3.63) is 54.1 Å². The Morgan fingerprint density at radius 3 is 2.40 bits per heavy atom. The molecule has 0 saturated heterocycles. The highest BCUT2D eigenvalue weighted by molar-refractivity contribution is 7.85. The number of methoxy groups -OCH3 is 2. The Morgan fingerprint density at radius 1 is 1.00 bits per heavy atom. The van der Waals surface area contributed by atoms with Gasteiger partial charge in [0.15, 0.2) is 0 Å². The first-order valence-electron chi connectivity index (χ1n) is 6.39. The zero-order valence-electron chi connectivity index (χ0n) is 11.7. The van der Waals surface area contributed by atoms with E-state index in [-0.39, 0.29) is 0 Å². The fraction of sp³-hybridized carbons (Fsp3) is 0.250. The Kier molecular flexibility index (Phi) is 5.18. The summed E-state index contributed by atoms with van der Waals surface area (Å²) in [5.41, 5.74) is 1.19. The molecule has 0 spiro atoms. The summed E-state index contributed by atoms with van der Waals surface area (Å²) in [7, 11) is 2.09. The standard InChI is InChI=1S/C16H18O3S/c1-18-14-8-9-16(15(12-14)19-2)20(17)11-10-13-6-4-3-5-7-13/h3-9,12H,10-11H2,1-2H3. The van der Waals surface area contributed by atoms with Crippen LogP contribution in [0.15, 0.2) is 53.4 Å². The van der Waals surface area contributed by atoms with Crippen molar-refractivity contribution in [2.45, 2.75) is 11.3 Å². The van der Waals surface area contributed by atoms with E-state index in [1.54, 1.807) is 32.4 Å². The lowest BCUT2D eigenvalue weighted by molar-refractivity contribution is 0.387. The highest BCUT2D eigenvalue weighted by Crippen LogP contribution is 2.27. The van der Waals surface area contributed by atoms with Gasteiger partial charge in [-0.2, -0.15) is 0 Å². The minimum atomic E-state index is -1.09. The number of rotatable bonds is 6. The number of ether oxygens (including phenoxy) is 2. The average Bonchev–Trinajstić information content (AvgIpc) is 2.52. The maximum absolute atomic E-state index is 12.4. The van der Waals surface area contributed by atoms with Crippen LogP contribution in [0.3, 0.4) is 0 Å². The summed E-state index contributed by atoms with van der Waals surface area (Å²) in [6.07, 6.45) is 0.780. The van der Waals surface area contributed by atoms with Crippen LogP contribution < -0.4 is 9.47 Å². The molecule has 0 N–H and O–H groups in total. The van der Waals surface area contributed by atoms with Crippen LogP contribution in [0.25, 0.3) is 0 Å². The zero-order valence-corrected chi connectivity index (χ0v) is 12.5. The summed E-state index contributed by atoms with van der Waals surface area (Å²) in [5, 5.41) is 0. The van der Waals surface area contributed by atoms with Crippen LogP contribution >= 0.6 is 0 Å². The predicted octanol–water partition coefficient (Wildman–Crippen LogP) is 3.05. The van der Waals surface area contributed by atoms with Crippen LogP contribution in [0.4, 0.5) is 0 Å². The van der Waals surface area contributed by atoms with Gasteiger partial charge in [0.2, 0.25) is 0 Å². The van der Waals surface area contributed by atoms with Crippen LogP contribution in [0.1, 0.15) is 5.56 Å². The molecule has 0 fully saturated rings. The van der Waals surface area contributed by atoms with Crippen molar-refractivity contribution in [2.75, 3.05) is 20.0 Å². The highest BCUT2D eigenvalue weighted by atomic mass is 32.2. The van der Waals surface area contributed by atoms with E-state index in [1.807, 2.05) is 30.3 Å². The van der Waals surface area contributed by atoms with E-state index in [1.165, 1.54) is 5.56 Å². The summed E-state index contributed by atoms with van der Waals surface area (Å²) in [4.78, 5) is 0.712. The van der Waals surface area contributed by atoms with Gasteiger partial charge in [0, 0.05) is 11.8 Å². The largest absolute Gasteiger partial charge is 0.497 e. The van der Waals surface area contributed by atoms with E-state index in [0.29, 0.717) is 22.1 Å². The first-order chi connectivity index (χ1) is 9.74. The number of hydrogen-bond donors (Lipinski definition) is 0. The number of benzene rings is 2. The molecule has 4 heteroatoms. The van der Waals surface area contributed by atoms with E-state index in [4.69, 9.17) is 9.47 Å². The van der Waals surface area contributed by atoms with Gasteiger partial charge in [-0.1, -0.05) is 30.3 Å². The smallest absolute Gasteiger partial charge is 0.138 e. The van der Waals surface area contributed by atoms with E-state index in [2.05, 4.69) is 0 Å². The van der Waals surface area contributed by atoms with Gasteiger partial charge in [-0.05, 0) is 24.1 Å². The van der Waals surface area contributed by atoms with Crippen LogP contribution in [0.5, 0.6) is 11.5 Å².